The summed E-state index contributed by atoms with van der Waals surface area (Å²) in [4.78, 5) is 14.2. The molecule has 0 aliphatic rings. The predicted molar refractivity (Wildman–Crippen MR) is 120 cm³/mol. The van der Waals surface area contributed by atoms with Gasteiger partial charge in [0.25, 0.3) is 5.91 Å². The molecule has 3 rings (SSSR count). The Hall–Kier alpha value is -3.32. The standard InChI is InChI=1S/C23H21F2N3OS/c1-14-13-18(28(23(26)30)15(2)16-7-9-17(24)10-8-16)11-12-21(14)27-22(29)19-5-3-4-6-20(19)25/h3-13,15H,1-2H3,(H2,26,30)(H,27,29). The molecular weight excluding hydrogens is 404 g/mol. The van der Waals surface area contributed by atoms with Gasteiger partial charge in [0.15, 0.2) is 5.11 Å². The van der Waals surface area contributed by atoms with E-state index in [0.717, 1.165) is 16.8 Å². The third kappa shape index (κ3) is 4.63. The third-order valence-electron chi connectivity index (χ3n) is 4.83. The minimum Gasteiger partial charge on any atom is -0.376 e. The number of hydrogen-bond acceptors (Lipinski definition) is 2. The monoisotopic (exact) mass is 425 g/mol. The van der Waals surface area contributed by atoms with Gasteiger partial charge < -0.3 is 16.0 Å². The molecule has 0 aliphatic heterocycles. The van der Waals surface area contributed by atoms with Crippen LogP contribution in [0, 0.1) is 18.6 Å². The summed E-state index contributed by atoms with van der Waals surface area (Å²) in [6.45, 7) is 3.73. The highest BCUT2D eigenvalue weighted by molar-refractivity contribution is 7.80. The fraction of sp³-hybridized carbons (Fsp3) is 0.130. The van der Waals surface area contributed by atoms with Crippen LogP contribution in [0.4, 0.5) is 20.2 Å². The van der Waals surface area contributed by atoms with Crippen molar-refractivity contribution in [2.45, 2.75) is 19.9 Å². The van der Waals surface area contributed by atoms with E-state index in [2.05, 4.69) is 5.32 Å². The van der Waals surface area contributed by atoms with Gasteiger partial charge >= 0.3 is 0 Å². The first kappa shape index (κ1) is 21.4. The molecule has 3 aromatic rings. The highest BCUT2D eigenvalue weighted by Gasteiger charge is 2.20. The molecule has 0 fully saturated rings. The number of anilines is 2. The van der Waals surface area contributed by atoms with Crippen molar-refractivity contribution in [1.82, 2.24) is 0 Å². The van der Waals surface area contributed by atoms with Gasteiger partial charge in [-0.2, -0.15) is 0 Å². The van der Waals surface area contributed by atoms with Crippen LogP contribution in [0.25, 0.3) is 0 Å². The van der Waals surface area contributed by atoms with Crippen molar-refractivity contribution in [2.24, 2.45) is 5.73 Å². The van der Waals surface area contributed by atoms with E-state index in [4.69, 9.17) is 18.0 Å². The second-order valence-corrected chi connectivity index (χ2v) is 7.29. The molecule has 4 nitrogen and oxygen atoms in total. The molecule has 0 saturated carbocycles. The summed E-state index contributed by atoms with van der Waals surface area (Å²) in [6.07, 6.45) is 0. The number of carbonyl (C=O) groups is 1. The molecule has 0 bridgehead atoms. The van der Waals surface area contributed by atoms with Crippen LogP contribution in [0.15, 0.2) is 66.7 Å². The largest absolute Gasteiger partial charge is 0.376 e. The average molecular weight is 426 g/mol. The van der Waals surface area contributed by atoms with Crippen molar-refractivity contribution in [3.05, 3.63) is 95.1 Å². The molecule has 30 heavy (non-hydrogen) atoms. The normalized spacial score (nSPS) is 11.6. The number of nitrogens with two attached hydrogens (primary N) is 1. The van der Waals surface area contributed by atoms with Crippen molar-refractivity contribution < 1.29 is 13.6 Å². The van der Waals surface area contributed by atoms with Crippen molar-refractivity contribution in [2.75, 3.05) is 10.2 Å². The van der Waals surface area contributed by atoms with Gasteiger partial charge in [0.1, 0.15) is 11.6 Å². The Kier molecular flexibility index (Phi) is 6.42. The van der Waals surface area contributed by atoms with Gasteiger partial charge in [0, 0.05) is 11.4 Å². The highest BCUT2D eigenvalue weighted by Crippen LogP contribution is 2.30. The lowest BCUT2D eigenvalue weighted by Gasteiger charge is -2.30. The first-order chi connectivity index (χ1) is 14.3. The number of amides is 1. The van der Waals surface area contributed by atoms with Crippen LogP contribution < -0.4 is 16.0 Å². The second kappa shape index (κ2) is 9.00. The Morgan fingerprint density at radius 1 is 1.07 bits per heavy atom. The van der Waals surface area contributed by atoms with Crippen LogP contribution >= 0.6 is 12.2 Å². The Bertz CT molecular complexity index is 1090. The Morgan fingerprint density at radius 3 is 2.33 bits per heavy atom. The van der Waals surface area contributed by atoms with Crippen molar-refractivity contribution in [3.8, 4) is 0 Å². The first-order valence-corrected chi connectivity index (χ1v) is 9.69. The van der Waals surface area contributed by atoms with Gasteiger partial charge in [-0.05, 0) is 79.7 Å². The van der Waals surface area contributed by atoms with E-state index in [-0.39, 0.29) is 22.5 Å². The molecule has 0 radical (unpaired) electrons. The van der Waals surface area contributed by atoms with E-state index >= 15 is 0 Å². The molecule has 1 atom stereocenters. The summed E-state index contributed by atoms with van der Waals surface area (Å²) in [5.41, 5.74) is 8.81. The molecule has 0 saturated heterocycles. The Balaban J connectivity index is 1.86. The maximum Gasteiger partial charge on any atom is 0.258 e. The summed E-state index contributed by atoms with van der Waals surface area (Å²) < 4.78 is 27.1. The van der Waals surface area contributed by atoms with Crippen LogP contribution in [0.1, 0.15) is 34.5 Å². The van der Waals surface area contributed by atoms with E-state index in [1.165, 1.54) is 30.3 Å². The molecule has 0 aliphatic carbocycles. The van der Waals surface area contributed by atoms with Crippen molar-refractivity contribution in [1.29, 1.82) is 0 Å². The fourth-order valence-electron chi connectivity index (χ4n) is 3.21. The summed E-state index contributed by atoms with van der Waals surface area (Å²) in [6, 6.07) is 17.0. The smallest absolute Gasteiger partial charge is 0.258 e. The Labute approximate surface area is 179 Å². The zero-order valence-electron chi connectivity index (χ0n) is 16.5. The minimum atomic E-state index is -0.586. The number of thiocarbonyl (C=S) groups is 1. The lowest BCUT2D eigenvalue weighted by Crippen LogP contribution is -2.37. The number of nitrogens with one attached hydrogen (secondary N) is 1. The van der Waals surface area contributed by atoms with Gasteiger partial charge in [-0.3, -0.25) is 4.79 Å². The van der Waals surface area contributed by atoms with Gasteiger partial charge in [0.2, 0.25) is 0 Å². The summed E-state index contributed by atoms with van der Waals surface area (Å²) >= 11 is 5.24. The molecule has 0 heterocycles. The van der Waals surface area contributed by atoms with E-state index in [0.29, 0.717) is 5.69 Å². The van der Waals surface area contributed by atoms with E-state index in [9.17, 15) is 13.6 Å². The predicted octanol–water partition coefficient (Wildman–Crippen LogP) is 5.34. The number of aryl methyl sites for hydroxylation is 1. The maximum atomic E-state index is 13.9. The minimum absolute atomic E-state index is 0.0318. The van der Waals surface area contributed by atoms with Crippen LogP contribution in [0.2, 0.25) is 0 Å². The Morgan fingerprint density at radius 2 is 1.73 bits per heavy atom. The van der Waals surface area contributed by atoms with E-state index in [1.807, 2.05) is 19.9 Å². The van der Waals surface area contributed by atoms with Gasteiger partial charge in [-0.15, -0.1) is 0 Å². The van der Waals surface area contributed by atoms with Gasteiger partial charge in [0.05, 0.1) is 11.6 Å². The van der Waals surface area contributed by atoms with E-state index in [1.54, 1.807) is 35.2 Å². The number of benzene rings is 3. The van der Waals surface area contributed by atoms with Crippen molar-refractivity contribution >= 4 is 34.6 Å². The molecule has 1 unspecified atom stereocenters. The van der Waals surface area contributed by atoms with Crippen molar-refractivity contribution in [3.63, 3.8) is 0 Å². The molecule has 1 amide bonds. The molecule has 7 heteroatoms. The zero-order valence-corrected chi connectivity index (χ0v) is 17.3. The third-order valence-corrected chi connectivity index (χ3v) is 5.03. The van der Waals surface area contributed by atoms with Gasteiger partial charge in [-0.25, -0.2) is 8.78 Å². The van der Waals surface area contributed by atoms with Crippen LogP contribution in [0.5, 0.6) is 0 Å². The van der Waals surface area contributed by atoms with Crippen LogP contribution in [-0.4, -0.2) is 11.0 Å². The van der Waals surface area contributed by atoms with Gasteiger partial charge in [-0.1, -0.05) is 24.3 Å². The van der Waals surface area contributed by atoms with Crippen LogP contribution in [-0.2, 0) is 0 Å². The molecule has 0 aromatic heterocycles. The average Bonchev–Trinajstić information content (AvgIpc) is 2.70. The fourth-order valence-corrected chi connectivity index (χ4v) is 3.47. The first-order valence-electron chi connectivity index (χ1n) is 9.28. The lowest BCUT2D eigenvalue weighted by molar-refractivity contribution is 0.102. The SMILES string of the molecule is Cc1cc(N(C(N)=S)C(C)c2ccc(F)cc2)ccc1NC(=O)c1ccccc1F. The number of hydrogen-bond donors (Lipinski definition) is 2. The molecule has 3 aromatic carbocycles. The van der Waals surface area contributed by atoms with E-state index < -0.39 is 11.7 Å². The maximum absolute atomic E-state index is 13.9. The molecule has 154 valence electrons. The second-order valence-electron chi connectivity index (χ2n) is 6.87. The lowest BCUT2D eigenvalue weighted by atomic mass is 10.1. The zero-order chi connectivity index (χ0) is 21.8. The quantitative estimate of drug-likeness (QED) is 0.542. The number of halogens is 2. The highest BCUT2D eigenvalue weighted by atomic mass is 32.1. The summed E-state index contributed by atoms with van der Waals surface area (Å²) in [5, 5.41) is 2.89. The molecule has 0 spiro atoms. The molecular formula is C23H21F2N3OS. The molecule has 3 N–H and O–H groups in total. The summed E-state index contributed by atoms with van der Waals surface area (Å²) in [7, 11) is 0. The topological polar surface area (TPSA) is 58.4 Å². The van der Waals surface area contributed by atoms with Crippen LogP contribution in [0.3, 0.4) is 0 Å². The summed E-state index contributed by atoms with van der Waals surface area (Å²) in [5.74, 6) is -1.44. The number of carbonyl (C=O) groups excluding carboxylic acids is 1. The number of rotatable bonds is 5. The number of nitrogens with zero attached hydrogens (tertiary/aromatic N) is 1.